The summed E-state index contributed by atoms with van der Waals surface area (Å²) in [5, 5.41) is 9.14. The molecule has 0 saturated heterocycles. The van der Waals surface area contributed by atoms with Gasteiger partial charge in [-0.3, -0.25) is 4.79 Å². The number of nitrogens with zero attached hydrogens (tertiary/aromatic N) is 1. The summed E-state index contributed by atoms with van der Waals surface area (Å²) in [5.41, 5.74) is 0.697. The molecule has 1 aliphatic heterocycles. The Balaban J connectivity index is 2.18. The van der Waals surface area contributed by atoms with E-state index in [-0.39, 0.29) is 11.4 Å². The van der Waals surface area contributed by atoms with Crippen molar-refractivity contribution in [3.8, 4) is 6.07 Å². The molecule has 0 N–H and O–H groups in total. The van der Waals surface area contributed by atoms with Gasteiger partial charge in [-0.05, 0) is 35.8 Å². The average Bonchev–Trinajstić information content (AvgIpc) is 2.79. The topological polar surface area (TPSA) is 40.9 Å². The molecule has 2 rings (SSSR count). The maximum Gasteiger partial charge on any atom is 0.203 e. The quantitative estimate of drug-likeness (QED) is 0.452. The first-order valence-electron chi connectivity index (χ1n) is 6.07. The number of benzene rings is 1. The molecule has 1 aromatic carbocycles. The van der Waals surface area contributed by atoms with E-state index in [0.717, 1.165) is 4.24 Å². The smallest absolute Gasteiger partial charge is 0.203 e. The molecule has 0 saturated carbocycles. The van der Waals surface area contributed by atoms with Crippen LogP contribution in [0, 0.1) is 11.3 Å². The second-order valence-corrected chi connectivity index (χ2v) is 6.96. The van der Waals surface area contributed by atoms with Gasteiger partial charge in [0, 0.05) is 9.80 Å². The molecule has 1 heterocycles. The van der Waals surface area contributed by atoms with Crippen molar-refractivity contribution in [1.29, 1.82) is 5.26 Å². The summed E-state index contributed by atoms with van der Waals surface area (Å²) >= 11 is 3.34. The molecule has 4 heteroatoms. The van der Waals surface area contributed by atoms with Gasteiger partial charge in [0.2, 0.25) is 5.78 Å². The van der Waals surface area contributed by atoms with Crippen molar-refractivity contribution in [2.45, 2.75) is 13.8 Å². The molecule has 0 spiro atoms. The van der Waals surface area contributed by atoms with Gasteiger partial charge in [-0.2, -0.15) is 5.26 Å². The van der Waals surface area contributed by atoms with Crippen LogP contribution in [0.15, 0.2) is 62.1 Å². The number of hydrogen-bond acceptors (Lipinski definition) is 4. The first-order chi connectivity index (χ1) is 9.61. The van der Waals surface area contributed by atoms with Gasteiger partial charge >= 0.3 is 0 Å². The molecule has 0 fully saturated rings. The number of Topliss-reactive ketones (excluding diaryl/α,β-unsaturated/α-hetero) is 1. The number of nitriles is 1. The van der Waals surface area contributed by atoms with Crippen LogP contribution >= 0.6 is 23.5 Å². The molecule has 0 unspecified atom stereocenters. The lowest BCUT2D eigenvalue weighted by molar-refractivity contribution is 0.103. The van der Waals surface area contributed by atoms with Gasteiger partial charge in [-0.1, -0.05) is 53.9 Å². The summed E-state index contributed by atoms with van der Waals surface area (Å²) in [6, 6.07) is 10.8. The van der Waals surface area contributed by atoms with Crippen molar-refractivity contribution in [2.75, 3.05) is 0 Å². The zero-order valence-electron chi connectivity index (χ0n) is 11.2. The fraction of sp³-hybridized carbons (Fsp3) is 0.125. The van der Waals surface area contributed by atoms with Crippen LogP contribution in [0.3, 0.4) is 0 Å². The van der Waals surface area contributed by atoms with Crippen molar-refractivity contribution in [1.82, 2.24) is 0 Å². The summed E-state index contributed by atoms with van der Waals surface area (Å²) in [7, 11) is 0. The molecule has 20 heavy (non-hydrogen) atoms. The summed E-state index contributed by atoms with van der Waals surface area (Å²) in [4.78, 5) is 14.7. The molecule has 1 aliphatic rings. The van der Waals surface area contributed by atoms with E-state index in [9.17, 15) is 4.79 Å². The van der Waals surface area contributed by atoms with Gasteiger partial charge in [0.05, 0.1) is 5.57 Å². The summed E-state index contributed by atoms with van der Waals surface area (Å²) in [5.74, 6) is -0.237. The molecule has 100 valence electrons. The molecule has 0 aromatic heterocycles. The van der Waals surface area contributed by atoms with Gasteiger partial charge in [0.15, 0.2) is 0 Å². The van der Waals surface area contributed by atoms with Crippen LogP contribution in [-0.2, 0) is 0 Å². The lowest BCUT2D eigenvalue weighted by Crippen LogP contribution is -2.01. The van der Waals surface area contributed by atoms with Crippen LogP contribution in [0.25, 0.3) is 0 Å². The highest BCUT2D eigenvalue weighted by Gasteiger charge is 2.14. The highest BCUT2D eigenvalue weighted by Crippen LogP contribution is 2.48. The van der Waals surface area contributed by atoms with E-state index in [1.807, 2.05) is 18.2 Å². The summed E-state index contributed by atoms with van der Waals surface area (Å²) in [6.45, 7) is 4.13. The minimum absolute atomic E-state index is 0.159. The molecule has 0 aliphatic carbocycles. The first kappa shape index (κ1) is 14.7. The maximum absolute atomic E-state index is 12.2. The average molecular weight is 299 g/mol. The second-order valence-electron chi connectivity index (χ2n) is 4.19. The minimum atomic E-state index is -0.237. The second kappa shape index (κ2) is 6.65. The van der Waals surface area contributed by atoms with Gasteiger partial charge in [-0.15, -0.1) is 0 Å². The van der Waals surface area contributed by atoms with E-state index in [1.165, 1.54) is 9.81 Å². The van der Waals surface area contributed by atoms with Crippen LogP contribution in [0.5, 0.6) is 0 Å². The van der Waals surface area contributed by atoms with Crippen LogP contribution in [0.4, 0.5) is 0 Å². The number of allylic oxidation sites excluding steroid dienone is 5. The number of hydrogen-bond donors (Lipinski definition) is 0. The van der Waals surface area contributed by atoms with Crippen molar-refractivity contribution in [3.63, 3.8) is 0 Å². The molecular formula is C16H13NOS2. The number of carbonyl (C=O) groups excluding carboxylic acids is 1. The molecule has 2 nitrogen and oxygen atoms in total. The Hall–Kier alpha value is -1.70. The monoisotopic (exact) mass is 299 g/mol. The van der Waals surface area contributed by atoms with Crippen molar-refractivity contribution in [2.24, 2.45) is 0 Å². The molecule has 1 aromatic rings. The van der Waals surface area contributed by atoms with E-state index < -0.39 is 0 Å². The number of carbonyl (C=O) groups is 1. The fourth-order valence-electron chi connectivity index (χ4n) is 1.59. The van der Waals surface area contributed by atoms with E-state index >= 15 is 0 Å². The Bertz CT molecular complexity index is 647. The molecule has 0 bridgehead atoms. The molecule has 0 atom stereocenters. The largest absolute Gasteiger partial charge is 0.288 e. The normalized spacial score (nSPS) is 15.2. The maximum atomic E-state index is 12.2. The zero-order chi connectivity index (χ0) is 14.5. The van der Waals surface area contributed by atoms with Crippen molar-refractivity contribution < 1.29 is 4.79 Å². The third kappa shape index (κ3) is 3.44. The molecular weight excluding hydrogens is 286 g/mol. The van der Waals surface area contributed by atoms with E-state index in [1.54, 1.807) is 53.9 Å². The Labute approximate surface area is 127 Å². The Morgan fingerprint density at radius 1 is 1.15 bits per heavy atom. The zero-order valence-corrected chi connectivity index (χ0v) is 12.8. The van der Waals surface area contributed by atoms with Gasteiger partial charge in [0.1, 0.15) is 6.07 Å². The SMILES string of the molecule is CC1=C(C)SC(=C/C=C(\C#N)C(=O)c2ccccc2)S1. The van der Waals surface area contributed by atoms with Gasteiger partial charge < -0.3 is 0 Å². The van der Waals surface area contributed by atoms with Crippen LogP contribution in [-0.4, -0.2) is 5.78 Å². The van der Waals surface area contributed by atoms with Crippen LogP contribution in [0.2, 0.25) is 0 Å². The standard InChI is InChI=1S/C16H13NOS2/c1-11-12(2)20-15(19-11)9-8-14(10-17)16(18)13-6-4-3-5-7-13/h3-9H,1-2H3/b14-8+. The lowest BCUT2D eigenvalue weighted by atomic mass is 10.0. The number of thioether (sulfide) groups is 2. The molecule has 0 radical (unpaired) electrons. The van der Waals surface area contributed by atoms with E-state index in [2.05, 4.69) is 13.8 Å². The predicted molar refractivity (Wildman–Crippen MR) is 86.1 cm³/mol. The number of rotatable bonds is 3. The Morgan fingerprint density at radius 3 is 2.30 bits per heavy atom. The Morgan fingerprint density at radius 2 is 1.75 bits per heavy atom. The van der Waals surface area contributed by atoms with E-state index in [0.29, 0.717) is 5.56 Å². The summed E-state index contributed by atoms with van der Waals surface area (Å²) < 4.78 is 1.09. The minimum Gasteiger partial charge on any atom is -0.288 e. The van der Waals surface area contributed by atoms with Crippen molar-refractivity contribution in [3.05, 3.63) is 67.7 Å². The Kier molecular flexibility index (Phi) is 4.89. The predicted octanol–water partition coefficient (Wildman–Crippen LogP) is 4.89. The van der Waals surface area contributed by atoms with E-state index in [4.69, 9.17) is 5.26 Å². The number of ketones is 1. The fourth-order valence-corrected chi connectivity index (χ4v) is 3.92. The highest BCUT2D eigenvalue weighted by molar-refractivity contribution is 8.28. The van der Waals surface area contributed by atoms with Gasteiger partial charge in [-0.25, -0.2) is 0 Å². The third-order valence-electron chi connectivity index (χ3n) is 2.79. The first-order valence-corrected chi connectivity index (χ1v) is 7.70. The summed E-state index contributed by atoms with van der Waals surface area (Å²) in [6.07, 6.45) is 3.45. The lowest BCUT2D eigenvalue weighted by Gasteiger charge is -1.98. The van der Waals surface area contributed by atoms with Crippen LogP contribution in [0.1, 0.15) is 24.2 Å². The third-order valence-corrected chi connectivity index (χ3v) is 5.32. The van der Waals surface area contributed by atoms with Crippen LogP contribution < -0.4 is 0 Å². The van der Waals surface area contributed by atoms with Gasteiger partial charge in [0.25, 0.3) is 0 Å². The highest BCUT2D eigenvalue weighted by atomic mass is 32.2. The van der Waals surface area contributed by atoms with Crippen molar-refractivity contribution >= 4 is 29.3 Å². The molecule has 0 amide bonds.